The first-order valence-corrected chi connectivity index (χ1v) is 11.1. The molecule has 6 nitrogen and oxygen atoms in total. The largest absolute Gasteiger partial charge is 0.493 e. The maximum Gasteiger partial charge on any atom is 0.294 e. The van der Waals surface area contributed by atoms with E-state index < -0.39 is 17.1 Å². The van der Waals surface area contributed by atoms with Crippen LogP contribution in [0.15, 0.2) is 65.6 Å². The minimum absolute atomic E-state index is 0.242. The van der Waals surface area contributed by atoms with Crippen molar-refractivity contribution in [2.75, 3.05) is 18.5 Å². The fraction of sp³-hybridized carbons (Fsp3) is 0.125. The van der Waals surface area contributed by atoms with E-state index in [0.717, 1.165) is 33.0 Å². The molecule has 0 aliphatic carbocycles. The second-order valence-electron chi connectivity index (χ2n) is 6.95. The molecular formula is C24H19ClN2O4S. The van der Waals surface area contributed by atoms with Crippen LogP contribution in [0.3, 0.4) is 0 Å². The highest BCUT2D eigenvalue weighted by atomic mass is 35.5. The van der Waals surface area contributed by atoms with Crippen LogP contribution in [0.5, 0.6) is 5.75 Å². The Bertz CT molecular complexity index is 1240. The molecule has 1 N–H and O–H groups in total. The zero-order chi connectivity index (χ0) is 22.7. The monoisotopic (exact) mass is 466 g/mol. The summed E-state index contributed by atoms with van der Waals surface area (Å²) in [5, 5.41) is 4.60. The number of rotatable bonds is 6. The Hall–Kier alpha value is -3.29. The number of amides is 3. The molecule has 0 atom stereocenters. The zero-order valence-electron chi connectivity index (χ0n) is 17.1. The number of nitrogens with one attached hydrogen (secondary N) is 1. The number of hydrogen-bond donors (Lipinski definition) is 1. The SMILES string of the molecule is CCOc1ccc2ccccc2c1/C=C1\SC(=O)N(CC(=O)Nc2ccc(Cl)cc2)C1=O. The number of carbonyl (C=O) groups is 3. The average molecular weight is 467 g/mol. The van der Waals surface area contributed by atoms with E-state index in [1.807, 2.05) is 43.3 Å². The molecule has 3 amide bonds. The van der Waals surface area contributed by atoms with Crippen LogP contribution in [-0.4, -0.2) is 35.1 Å². The van der Waals surface area contributed by atoms with Crippen LogP contribution in [0.25, 0.3) is 16.8 Å². The smallest absolute Gasteiger partial charge is 0.294 e. The second-order valence-corrected chi connectivity index (χ2v) is 8.38. The molecule has 3 aromatic carbocycles. The van der Waals surface area contributed by atoms with E-state index in [-0.39, 0.29) is 11.4 Å². The molecule has 0 unspecified atom stereocenters. The molecule has 4 rings (SSSR count). The first-order chi connectivity index (χ1) is 15.5. The molecule has 1 saturated heterocycles. The summed E-state index contributed by atoms with van der Waals surface area (Å²) in [6, 6.07) is 18.1. The molecule has 1 aliphatic heterocycles. The first-order valence-electron chi connectivity index (χ1n) is 9.91. The Balaban J connectivity index is 1.58. The van der Waals surface area contributed by atoms with Gasteiger partial charge < -0.3 is 10.1 Å². The van der Waals surface area contributed by atoms with E-state index in [1.165, 1.54) is 0 Å². The van der Waals surface area contributed by atoms with Gasteiger partial charge in [0.1, 0.15) is 12.3 Å². The van der Waals surface area contributed by atoms with Crippen LogP contribution in [0.4, 0.5) is 10.5 Å². The highest BCUT2D eigenvalue weighted by Gasteiger charge is 2.36. The van der Waals surface area contributed by atoms with Gasteiger partial charge in [-0.15, -0.1) is 0 Å². The van der Waals surface area contributed by atoms with E-state index in [0.29, 0.717) is 23.1 Å². The minimum Gasteiger partial charge on any atom is -0.493 e. The topological polar surface area (TPSA) is 75.7 Å². The predicted molar refractivity (Wildman–Crippen MR) is 128 cm³/mol. The van der Waals surface area contributed by atoms with Gasteiger partial charge in [0.15, 0.2) is 0 Å². The van der Waals surface area contributed by atoms with E-state index >= 15 is 0 Å². The van der Waals surface area contributed by atoms with Crippen molar-refractivity contribution in [3.8, 4) is 5.75 Å². The molecule has 0 aromatic heterocycles. The Morgan fingerprint density at radius 1 is 1.09 bits per heavy atom. The normalized spacial score (nSPS) is 14.9. The summed E-state index contributed by atoms with van der Waals surface area (Å²) in [6.07, 6.45) is 1.66. The summed E-state index contributed by atoms with van der Waals surface area (Å²) in [7, 11) is 0. The number of halogens is 1. The van der Waals surface area contributed by atoms with E-state index in [2.05, 4.69) is 5.32 Å². The maximum atomic E-state index is 12.9. The lowest BCUT2D eigenvalue weighted by Gasteiger charge is -2.13. The number of anilines is 1. The van der Waals surface area contributed by atoms with Gasteiger partial charge in [0, 0.05) is 16.3 Å². The number of fused-ring (bicyclic) bond motifs is 1. The van der Waals surface area contributed by atoms with Gasteiger partial charge in [-0.25, -0.2) is 0 Å². The fourth-order valence-electron chi connectivity index (χ4n) is 3.35. The van der Waals surface area contributed by atoms with E-state index in [1.54, 1.807) is 30.3 Å². The number of nitrogens with zero attached hydrogens (tertiary/aromatic N) is 1. The van der Waals surface area contributed by atoms with Crippen molar-refractivity contribution in [2.24, 2.45) is 0 Å². The molecule has 162 valence electrons. The molecule has 32 heavy (non-hydrogen) atoms. The lowest BCUT2D eigenvalue weighted by molar-refractivity contribution is -0.127. The van der Waals surface area contributed by atoms with Gasteiger partial charge >= 0.3 is 0 Å². The van der Waals surface area contributed by atoms with Crippen LogP contribution in [0, 0.1) is 0 Å². The third kappa shape index (κ3) is 4.64. The number of ether oxygens (including phenoxy) is 1. The molecule has 0 spiro atoms. The van der Waals surface area contributed by atoms with Gasteiger partial charge in [-0.1, -0.05) is 41.9 Å². The van der Waals surface area contributed by atoms with Crippen molar-refractivity contribution in [2.45, 2.75) is 6.92 Å². The molecule has 0 radical (unpaired) electrons. The molecule has 1 aliphatic rings. The van der Waals surface area contributed by atoms with Crippen molar-refractivity contribution in [3.63, 3.8) is 0 Å². The summed E-state index contributed by atoms with van der Waals surface area (Å²) in [6.45, 7) is 1.97. The molecular weight excluding hydrogens is 448 g/mol. The lowest BCUT2D eigenvalue weighted by Crippen LogP contribution is -2.36. The maximum absolute atomic E-state index is 12.9. The number of hydrogen-bond acceptors (Lipinski definition) is 5. The number of imide groups is 1. The van der Waals surface area contributed by atoms with Crippen LogP contribution < -0.4 is 10.1 Å². The highest BCUT2D eigenvalue weighted by molar-refractivity contribution is 8.18. The molecule has 1 fully saturated rings. The zero-order valence-corrected chi connectivity index (χ0v) is 18.7. The van der Waals surface area contributed by atoms with Gasteiger partial charge in [-0.2, -0.15) is 0 Å². The lowest BCUT2D eigenvalue weighted by atomic mass is 10.0. The average Bonchev–Trinajstić information content (AvgIpc) is 3.04. The number of thioether (sulfide) groups is 1. The Kier molecular flexibility index (Phi) is 6.48. The molecule has 8 heteroatoms. The van der Waals surface area contributed by atoms with Crippen molar-refractivity contribution >= 4 is 63.0 Å². The summed E-state index contributed by atoms with van der Waals surface area (Å²) in [4.78, 5) is 39.0. The Labute approximate surface area is 194 Å². The van der Waals surface area contributed by atoms with Gasteiger partial charge in [-0.05, 0) is 65.9 Å². The van der Waals surface area contributed by atoms with Crippen LogP contribution in [0.2, 0.25) is 5.02 Å². The van der Waals surface area contributed by atoms with Crippen molar-refractivity contribution in [3.05, 3.63) is 76.2 Å². The predicted octanol–water partition coefficient (Wildman–Crippen LogP) is 5.57. The number of benzene rings is 3. The number of carbonyl (C=O) groups excluding carboxylic acids is 3. The molecule has 1 heterocycles. The van der Waals surface area contributed by atoms with Gasteiger partial charge in [0.25, 0.3) is 11.1 Å². The highest BCUT2D eigenvalue weighted by Crippen LogP contribution is 2.36. The van der Waals surface area contributed by atoms with Gasteiger partial charge in [-0.3, -0.25) is 19.3 Å². The third-order valence-corrected chi connectivity index (χ3v) is 5.97. The van der Waals surface area contributed by atoms with Crippen LogP contribution in [0.1, 0.15) is 12.5 Å². The van der Waals surface area contributed by atoms with Crippen molar-refractivity contribution in [1.82, 2.24) is 4.90 Å². The third-order valence-electron chi connectivity index (χ3n) is 4.81. The van der Waals surface area contributed by atoms with E-state index in [9.17, 15) is 14.4 Å². The Morgan fingerprint density at radius 3 is 2.59 bits per heavy atom. The van der Waals surface area contributed by atoms with Crippen molar-refractivity contribution in [1.29, 1.82) is 0 Å². The summed E-state index contributed by atoms with van der Waals surface area (Å²) in [5.74, 6) is -0.365. The summed E-state index contributed by atoms with van der Waals surface area (Å²) in [5.41, 5.74) is 1.25. The first kappa shape index (κ1) is 21.9. The molecule has 0 saturated carbocycles. The fourth-order valence-corrected chi connectivity index (χ4v) is 4.30. The van der Waals surface area contributed by atoms with Gasteiger partial charge in [0.2, 0.25) is 5.91 Å². The van der Waals surface area contributed by atoms with Crippen LogP contribution >= 0.6 is 23.4 Å². The summed E-state index contributed by atoms with van der Waals surface area (Å²) >= 11 is 6.65. The van der Waals surface area contributed by atoms with Crippen LogP contribution in [-0.2, 0) is 9.59 Å². The minimum atomic E-state index is -0.512. The standard InChI is InChI=1S/C24H19ClN2O4S/c1-2-31-20-12-7-15-5-3-4-6-18(15)19(20)13-21-23(29)27(24(30)32-21)14-22(28)26-17-10-8-16(25)9-11-17/h3-13H,2,14H2,1H3,(H,26,28)/b21-13-. The quantitative estimate of drug-likeness (QED) is 0.481. The van der Waals surface area contributed by atoms with E-state index in [4.69, 9.17) is 16.3 Å². The van der Waals surface area contributed by atoms with Crippen molar-refractivity contribution < 1.29 is 19.1 Å². The summed E-state index contributed by atoms with van der Waals surface area (Å²) < 4.78 is 5.75. The molecule has 0 bridgehead atoms. The Morgan fingerprint density at radius 2 is 1.84 bits per heavy atom. The second kappa shape index (κ2) is 9.46. The van der Waals surface area contributed by atoms with Gasteiger partial charge in [0.05, 0.1) is 11.5 Å². The molecule has 3 aromatic rings.